The highest BCUT2D eigenvalue weighted by Gasteiger charge is 2.40. The van der Waals surface area contributed by atoms with E-state index in [1.807, 2.05) is 91.0 Å². The van der Waals surface area contributed by atoms with E-state index >= 15 is 4.39 Å². The van der Waals surface area contributed by atoms with Crippen LogP contribution in [-0.2, 0) is 16.8 Å². The van der Waals surface area contributed by atoms with Gasteiger partial charge in [0, 0.05) is 26.1 Å². The van der Waals surface area contributed by atoms with Crippen molar-refractivity contribution < 1.29 is 9.18 Å². The predicted molar refractivity (Wildman–Crippen MR) is 119 cm³/mol. The molecule has 4 rings (SSSR count). The Labute approximate surface area is 181 Å². The Morgan fingerprint density at radius 2 is 1.32 bits per heavy atom. The molecule has 0 fully saturated rings. The van der Waals surface area contributed by atoms with Gasteiger partial charge in [-0.3, -0.25) is 9.36 Å². The molecule has 1 amide bonds. The van der Waals surface area contributed by atoms with Crippen molar-refractivity contribution in [3.63, 3.8) is 0 Å². The van der Waals surface area contributed by atoms with E-state index in [4.69, 9.17) is 0 Å². The maximum atomic E-state index is 15.5. The van der Waals surface area contributed by atoms with E-state index in [-0.39, 0.29) is 5.91 Å². The van der Waals surface area contributed by atoms with Crippen LogP contribution in [0.25, 0.3) is 0 Å². The van der Waals surface area contributed by atoms with Crippen molar-refractivity contribution in [1.82, 2.24) is 14.9 Å². The number of nitrogens with one attached hydrogen (secondary N) is 1. The predicted octanol–water partition coefficient (Wildman–Crippen LogP) is 4.54. The Hall–Kier alpha value is -3.73. The minimum Gasteiger partial charge on any atom is -0.356 e. The number of carbonyl (C=O) groups excluding carboxylic acids is 1. The van der Waals surface area contributed by atoms with E-state index < -0.39 is 11.6 Å². The standard InChI is InChI=1S/C26H24FN3O/c1-20(31)28-18-17-24-19-30(25(27)29-24)26(21-11-5-2-6-12-21,22-13-7-3-8-14-22)23-15-9-4-10-16-23/h2-16,19H,17-18H2,1H3,(H,28,31). The molecule has 0 radical (unpaired) electrons. The third kappa shape index (κ3) is 3.99. The number of halogens is 1. The molecule has 0 aliphatic heterocycles. The van der Waals surface area contributed by atoms with Gasteiger partial charge in [0.2, 0.25) is 5.91 Å². The fourth-order valence-electron chi connectivity index (χ4n) is 4.08. The van der Waals surface area contributed by atoms with Crippen molar-refractivity contribution in [3.8, 4) is 0 Å². The molecule has 0 spiro atoms. The largest absolute Gasteiger partial charge is 0.356 e. The Morgan fingerprint density at radius 3 is 1.74 bits per heavy atom. The molecule has 0 unspecified atom stereocenters. The molecule has 1 aromatic heterocycles. The molecule has 0 saturated heterocycles. The van der Waals surface area contributed by atoms with E-state index in [1.165, 1.54) is 6.92 Å². The summed E-state index contributed by atoms with van der Waals surface area (Å²) in [4.78, 5) is 15.4. The number of carbonyl (C=O) groups is 1. The number of hydrogen-bond donors (Lipinski definition) is 1. The van der Waals surface area contributed by atoms with Crippen LogP contribution < -0.4 is 5.32 Å². The fourth-order valence-corrected chi connectivity index (χ4v) is 4.08. The van der Waals surface area contributed by atoms with Crippen LogP contribution in [0.2, 0.25) is 0 Å². The molecule has 5 heteroatoms. The highest BCUT2D eigenvalue weighted by atomic mass is 19.1. The van der Waals surface area contributed by atoms with Crippen molar-refractivity contribution in [2.24, 2.45) is 0 Å². The van der Waals surface area contributed by atoms with Crippen LogP contribution in [0.5, 0.6) is 0 Å². The lowest BCUT2D eigenvalue weighted by molar-refractivity contribution is -0.118. The molecule has 1 N–H and O–H groups in total. The molecule has 3 aromatic carbocycles. The SMILES string of the molecule is CC(=O)NCCc1cn(C(c2ccccc2)(c2ccccc2)c2ccccc2)c(F)n1. The van der Waals surface area contributed by atoms with Crippen molar-refractivity contribution >= 4 is 5.91 Å². The summed E-state index contributed by atoms with van der Waals surface area (Å²) in [6, 6.07) is 29.7. The van der Waals surface area contributed by atoms with E-state index in [1.54, 1.807) is 10.8 Å². The number of aromatic nitrogens is 2. The number of amides is 1. The van der Waals surface area contributed by atoms with Crippen molar-refractivity contribution in [3.05, 3.63) is 126 Å². The van der Waals surface area contributed by atoms with Gasteiger partial charge in [0.15, 0.2) is 0 Å². The molecule has 156 valence electrons. The van der Waals surface area contributed by atoms with Crippen LogP contribution in [-0.4, -0.2) is 22.0 Å². The summed E-state index contributed by atoms with van der Waals surface area (Å²) in [6.45, 7) is 1.87. The van der Waals surface area contributed by atoms with Gasteiger partial charge in [0.1, 0.15) is 5.54 Å². The van der Waals surface area contributed by atoms with Gasteiger partial charge < -0.3 is 5.32 Å². The lowest BCUT2D eigenvalue weighted by Crippen LogP contribution is -2.38. The van der Waals surface area contributed by atoms with Gasteiger partial charge in [-0.05, 0) is 16.7 Å². The number of imidazole rings is 1. The normalized spacial score (nSPS) is 11.3. The van der Waals surface area contributed by atoms with Crippen LogP contribution in [0.3, 0.4) is 0 Å². The van der Waals surface area contributed by atoms with Gasteiger partial charge >= 0.3 is 0 Å². The second-order valence-electron chi connectivity index (χ2n) is 7.41. The maximum Gasteiger partial charge on any atom is 0.290 e. The molecular formula is C26H24FN3O. The molecule has 1 heterocycles. The number of hydrogen-bond acceptors (Lipinski definition) is 2. The maximum absolute atomic E-state index is 15.5. The van der Waals surface area contributed by atoms with Gasteiger partial charge in [-0.1, -0.05) is 91.0 Å². The molecular weight excluding hydrogens is 389 g/mol. The van der Waals surface area contributed by atoms with Crippen molar-refractivity contribution in [2.75, 3.05) is 6.54 Å². The zero-order chi connectivity index (χ0) is 21.7. The van der Waals surface area contributed by atoms with Crippen LogP contribution in [0.4, 0.5) is 4.39 Å². The third-order valence-electron chi connectivity index (χ3n) is 5.40. The first-order valence-corrected chi connectivity index (χ1v) is 10.3. The lowest BCUT2D eigenvalue weighted by Gasteiger charge is -2.37. The van der Waals surface area contributed by atoms with Crippen LogP contribution in [0, 0.1) is 6.08 Å². The first-order valence-electron chi connectivity index (χ1n) is 10.3. The first-order chi connectivity index (χ1) is 15.1. The van der Waals surface area contributed by atoms with E-state index in [9.17, 15) is 4.79 Å². The monoisotopic (exact) mass is 413 g/mol. The summed E-state index contributed by atoms with van der Waals surface area (Å²) in [5, 5.41) is 2.75. The van der Waals surface area contributed by atoms with E-state index in [0.29, 0.717) is 18.7 Å². The summed E-state index contributed by atoms with van der Waals surface area (Å²) in [5.74, 6) is -0.118. The summed E-state index contributed by atoms with van der Waals surface area (Å²) in [5.41, 5.74) is 2.43. The summed E-state index contributed by atoms with van der Waals surface area (Å²) >= 11 is 0. The molecule has 4 aromatic rings. The summed E-state index contributed by atoms with van der Waals surface area (Å²) in [7, 11) is 0. The number of benzene rings is 3. The van der Waals surface area contributed by atoms with Crippen LogP contribution >= 0.6 is 0 Å². The third-order valence-corrected chi connectivity index (χ3v) is 5.40. The van der Waals surface area contributed by atoms with Gasteiger partial charge in [-0.25, -0.2) is 4.98 Å². The lowest BCUT2D eigenvalue weighted by atomic mass is 9.76. The van der Waals surface area contributed by atoms with Gasteiger partial charge in [0.25, 0.3) is 6.08 Å². The number of nitrogens with zero attached hydrogens (tertiary/aromatic N) is 2. The van der Waals surface area contributed by atoms with Crippen LogP contribution in [0.15, 0.2) is 97.2 Å². The Kier molecular flexibility index (Phi) is 5.94. The zero-order valence-corrected chi connectivity index (χ0v) is 17.3. The quantitative estimate of drug-likeness (QED) is 0.452. The van der Waals surface area contributed by atoms with Gasteiger partial charge in [-0.2, -0.15) is 4.39 Å². The minimum atomic E-state index is -0.937. The first kappa shape index (κ1) is 20.5. The van der Waals surface area contributed by atoms with Crippen molar-refractivity contribution in [1.29, 1.82) is 0 Å². The highest BCUT2D eigenvalue weighted by Crippen LogP contribution is 2.41. The second-order valence-corrected chi connectivity index (χ2v) is 7.41. The van der Waals surface area contributed by atoms with Crippen LogP contribution in [0.1, 0.15) is 29.3 Å². The number of rotatable bonds is 7. The minimum absolute atomic E-state index is 0.118. The summed E-state index contributed by atoms with van der Waals surface area (Å²) < 4.78 is 17.1. The second kappa shape index (κ2) is 8.96. The van der Waals surface area contributed by atoms with Crippen molar-refractivity contribution in [2.45, 2.75) is 18.9 Å². The molecule has 4 nitrogen and oxygen atoms in total. The van der Waals surface area contributed by atoms with Gasteiger partial charge in [-0.15, -0.1) is 0 Å². The average Bonchev–Trinajstić information content (AvgIpc) is 3.17. The Balaban J connectivity index is 1.96. The molecule has 0 atom stereocenters. The smallest absolute Gasteiger partial charge is 0.290 e. The molecule has 0 bridgehead atoms. The average molecular weight is 413 g/mol. The Bertz CT molecular complexity index is 1040. The summed E-state index contributed by atoms with van der Waals surface area (Å²) in [6.07, 6.45) is 1.62. The van der Waals surface area contributed by atoms with E-state index in [0.717, 1.165) is 16.7 Å². The molecule has 0 saturated carbocycles. The van der Waals surface area contributed by atoms with E-state index in [2.05, 4.69) is 10.3 Å². The zero-order valence-electron chi connectivity index (χ0n) is 17.3. The Morgan fingerprint density at radius 1 is 0.871 bits per heavy atom. The highest BCUT2D eigenvalue weighted by molar-refractivity contribution is 5.72. The molecule has 0 aliphatic rings. The topological polar surface area (TPSA) is 46.9 Å². The molecule has 0 aliphatic carbocycles. The van der Waals surface area contributed by atoms with Gasteiger partial charge in [0.05, 0.1) is 5.69 Å². The fraction of sp³-hybridized carbons (Fsp3) is 0.154. The molecule has 31 heavy (non-hydrogen) atoms.